The number of nitrogens with two attached hydrogens (primary N) is 1. The van der Waals surface area contributed by atoms with E-state index < -0.39 is 26.0 Å². The van der Waals surface area contributed by atoms with E-state index in [1.54, 1.807) is 13.8 Å². The van der Waals surface area contributed by atoms with Crippen LogP contribution >= 0.6 is 11.3 Å². The second-order valence-electron chi connectivity index (χ2n) is 6.15. The zero-order valence-electron chi connectivity index (χ0n) is 14.8. The molecule has 0 radical (unpaired) electrons. The van der Waals surface area contributed by atoms with E-state index >= 15 is 0 Å². The molecule has 0 aromatic carbocycles. The van der Waals surface area contributed by atoms with E-state index in [0.717, 1.165) is 0 Å². The van der Waals surface area contributed by atoms with Crippen molar-refractivity contribution in [3.63, 3.8) is 0 Å². The number of fused-ring (bicyclic) bond motifs is 1. The van der Waals surface area contributed by atoms with Crippen molar-refractivity contribution in [3.05, 3.63) is 11.6 Å². The maximum absolute atomic E-state index is 12.8. The minimum Gasteiger partial charge on any atom is -0.464 e. The van der Waals surface area contributed by atoms with Gasteiger partial charge in [0, 0.05) is 24.7 Å². The molecule has 0 amide bonds. The second-order valence-corrected chi connectivity index (χ2v) is 11.1. The maximum Gasteiger partial charge on any atom is 0.308 e. The summed E-state index contributed by atoms with van der Waals surface area (Å²) in [7, 11) is -7.89. The smallest absolute Gasteiger partial charge is 0.308 e. The third-order valence-corrected chi connectivity index (χ3v) is 8.79. The summed E-state index contributed by atoms with van der Waals surface area (Å²) in [6.07, 6.45) is 0. The number of carbonyl (C=O) groups is 1. The molecule has 2 heterocycles. The summed E-state index contributed by atoms with van der Waals surface area (Å²) in [5.41, 5.74) is 0.399. The summed E-state index contributed by atoms with van der Waals surface area (Å²) >= 11 is 0.637. The third-order valence-electron chi connectivity index (χ3n) is 3.83. The van der Waals surface area contributed by atoms with Gasteiger partial charge < -0.3 is 10.1 Å². The number of nitrogens with one attached hydrogen (secondary N) is 1. The molecule has 0 fully saturated rings. The Bertz CT molecular complexity index is 876. The van der Waals surface area contributed by atoms with E-state index in [-0.39, 0.29) is 40.1 Å². The number of esters is 1. The van der Waals surface area contributed by atoms with Crippen molar-refractivity contribution in [3.8, 4) is 0 Å². The lowest BCUT2D eigenvalue weighted by atomic mass is 10.1. The highest BCUT2D eigenvalue weighted by Crippen LogP contribution is 2.39. The van der Waals surface area contributed by atoms with Crippen LogP contribution in [0.3, 0.4) is 0 Å². The van der Waals surface area contributed by atoms with Gasteiger partial charge in [0.15, 0.2) is 0 Å². The topological polar surface area (TPSA) is 136 Å². The van der Waals surface area contributed by atoms with Gasteiger partial charge in [0.05, 0.1) is 5.92 Å². The first-order valence-electron chi connectivity index (χ1n) is 8.05. The molecule has 1 atom stereocenters. The molecule has 1 aromatic rings. The van der Waals surface area contributed by atoms with Gasteiger partial charge in [0.25, 0.3) is 10.0 Å². The highest BCUT2D eigenvalue weighted by molar-refractivity contribution is 7.94. The number of sulfonamides is 2. The fourth-order valence-electron chi connectivity index (χ4n) is 2.51. The molecule has 0 spiro atoms. The van der Waals surface area contributed by atoms with Crippen LogP contribution in [0.2, 0.25) is 0 Å². The third kappa shape index (κ3) is 4.43. The SMILES string of the molecule is CCN[C@H]1CN(CCOC(=O)C(C)C)S(=O)(=O)c2sc(S(N)(=O)=O)cc21. The molecule has 26 heavy (non-hydrogen) atoms. The summed E-state index contributed by atoms with van der Waals surface area (Å²) in [4.78, 5) is 11.5. The van der Waals surface area contributed by atoms with Gasteiger partial charge in [-0.15, -0.1) is 11.3 Å². The average molecular weight is 426 g/mol. The molecule has 0 saturated heterocycles. The molecule has 0 unspecified atom stereocenters. The zero-order chi connectivity index (χ0) is 19.7. The number of thiophene rings is 1. The number of primary sulfonamides is 1. The number of hydrogen-bond acceptors (Lipinski definition) is 8. The van der Waals surface area contributed by atoms with Gasteiger partial charge in [0.1, 0.15) is 15.0 Å². The number of likely N-dealkylation sites (N-methyl/N-ethyl adjacent to an activating group) is 1. The number of hydrogen-bond donors (Lipinski definition) is 2. The van der Waals surface area contributed by atoms with Gasteiger partial charge in [-0.3, -0.25) is 4.79 Å². The molecule has 1 aromatic heterocycles. The van der Waals surface area contributed by atoms with Crippen molar-refractivity contribution in [2.45, 2.75) is 35.2 Å². The Morgan fingerprint density at radius 3 is 2.69 bits per heavy atom. The first-order chi connectivity index (χ1) is 12.0. The lowest BCUT2D eigenvalue weighted by Gasteiger charge is -2.32. The highest BCUT2D eigenvalue weighted by Gasteiger charge is 2.39. The number of rotatable bonds is 7. The van der Waals surface area contributed by atoms with Gasteiger partial charge in [0.2, 0.25) is 10.0 Å². The first-order valence-corrected chi connectivity index (χ1v) is 11.9. The van der Waals surface area contributed by atoms with E-state index in [9.17, 15) is 21.6 Å². The standard InChI is InChI=1S/C14H23N3O6S3/c1-4-16-11-8-17(5-6-23-13(18)9(2)3)26(21,22)14-10(11)7-12(24-14)25(15,19)20/h7,9,11,16H,4-6,8H2,1-3H3,(H2,15,19,20)/t11-/m0/s1. The summed E-state index contributed by atoms with van der Waals surface area (Å²) in [5, 5.41) is 8.30. The van der Waals surface area contributed by atoms with Crippen LogP contribution in [0.1, 0.15) is 32.4 Å². The van der Waals surface area contributed by atoms with Gasteiger partial charge >= 0.3 is 5.97 Å². The van der Waals surface area contributed by atoms with E-state index in [2.05, 4.69) is 5.32 Å². The number of ether oxygens (including phenoxy) is 1. The molecule has 1 aliphatic rings. The van der Waals surface area contributed by atoms with E-state index in [1.165, 1.54) is 10.4 Å². The highest BCUT2D eigenvalue weighted by atomic mass is 32.3. The van der Waals surface area contributed by atoms with Crippen LogP contribution in [0.15, 0.2) is 14.5 Å². The van der Waals surface area contributed by atoms with Crippen LogP contribution in [0.4, 0.5) is 0 Å². The fraction of sp³-hybridized carbons (Fsp3) is 0.643. The summed E-state index contributed by atoms with van der Waals surface area (Å²) in [6, 6.07) is 0.946. The molecule has 0 bridgehead atoms. The quantitative estimate of drug-likeness (QED) is 0.598. The number of carbonyl (C=O) groups excluding carboxylic acids is 1. The van der Waals surface area contributed by atoms with Crippen molar-refractivity contribution >= 4 is 37.4 Å². The van der Waals surface area contributed by atoms with Crippen LogP contribution in [0, 0.1) is 5.92 Å². The molecule has 2 rings (SSSR count). The van der Waals surface area contributed by atoms with Crippen molar-refractivity contribution in [1.82, 2.24) is 9.62 Å². The molecule has 3 N–H and O–H groups in total. The van der Waals surface area contributed by atoms with Crippen LogP contribution in [0.5, 0.6) is 0 Å². The normalized spacial score (nSPS) is 20.1. The average Bonchev–Trinajstić information content (AvgIpc) is 2.98. The molecule has 148 valence electrons. The van der Waals surface area contributed by atoms with Gasteiger partial charge in [-0.1, -0.05) is 20.8 Å². The lowest BCUT2D eigenvalue weighted by Crippen LogP contribution is -2.44. The van der Waals surface area contributed by atoms with Crippen molar-refractivity contribution < 1.29 is 26.4 Å². The van der Waals surface area contributed by atoms with E-state index in [1.807, 2.05) is 6.92 Å². The monoisotopic (exact) mass is 425 g/mol. The van der Waals surface area contributed by atoms with Gasteiger partial charge in [-0.05, 0) is 12.6 Å². The first kappa shape index (κ1) is 21.3. The predicted octanol–water partition coefficient (Wildman–Crippen LogP) is 0.250. The Kier molecular flexibility index (Phi) is 6.46. The van der Waals surface area contributed by atoms with Gasteiger partial charge in [-0.25, -0.2) is 22.0 Å². The van der Waals surface area contributed by atoms with Crippen LogP contribution in [-0.2, 0) is 29.6 Å². The Balaban J connectivity index is 2.31. The summed E-state index contributed by atoms with van der Waals surface area (Å²) in [6.45, 7) is 5.85. The molecule has 1 aliphatic heterocycles. The number of nitrogens with zero attached hydrogens (tertiary/aromatic N) is 1. The Labute approximate surface area is 157 Å². The fourth-order valence-corrected chi connectivity index (χ4v) is 6.77. The summed E-state index contributed by atoms with van der Waals surface area (Å²) in [5.74, 6) is -0.709. The van der Waals surface area contributed by atoms with Crippen molar-refractivity contribution in [1.29, 1.82) is 0 Å². The minimum atomic E-state index is -4.00. The van der Waals surface area contributed by atoms with E-state index in [4.69, 9.17) is 9.88 Å². The largest absolute Gasteiger partial charge is 0.464 e. The molecule has 12 heteroatoms. The maximum atomic E-state index is 12.8. The Morgan fingerprint density at radius 2 is 2.15 bits per heavy atom. The van der Waals surface area contributed by atoms with Crippen molar-refractivity contribution in [2.24, 2.45) is 11.1 Å². The molecular formula is C14H23N3O6S3. The second kappa shape index (κ2) is 7.90. The predicted molar refractivity (Wildman–Crippen MR) is 96.7 cm³/mol. The molecule has 0 aliphatic carbocycles. The molecule has 0 saturated carbocycles. The Morgan fingerprint density at radius 1 is 1.50 bits per heavy atom. The zero-order valence-corrected chi connectivity index (χ0v) is 17.2. The molecular weight excluding hydrogens is 402 g/mol. The van der Waals surface area contributed by atoms with Crippen molar-refractivity contribution in [2.75, 3.05) is 26.2 Å². The van der Waals surface area contributed by atoms with Crippen LogP contribution < -0.4 is 10.5 Å². The van der Waals surface area contributed by atoms with E-state index in [0.29, 0.717) is 23.4 Å². The van der Waals surface area contributed by atoms with Gasteiger partial charge in [-0.2, -0.15) is 4.31 Å². The van der Waals surface area contributed by atoms with Crippen LogP contribution in [-0.4, -0.2) is 53.4 Å². The van der Waals surface area contributed by atoms with Crippen LogP contribution in [0.25, 0.3) is 0 Å². The molecule has 9 nitrogen and oxygen atoms in total. The minimum absolute atomic E-state index is 0.00919. The Hall–Kier alpha value is -1.05. The summed E-state index contributed by atoms with van der Waals surface area (Å²) < 4.78 is 54.9. The lowest BCUT2D eigenvalue weighted by molar-refractivity contribution is -0.147.